The predicted octanol–water partition coefficient (Wildman–Crippen LogP) is 19.9. The van der Waals surface area contributed by atoms with Gasteiger partial charge in [0.05, 0.1) is 11.4 Å². The lowest BCUT2D eigenvalue weighted by atomic mass is 9.33. The fourth-order valence-electron chi connectivity index (χ4n) is 12.8. The van der Waals surface area contributed by atoms with Crippen LogP contribution in [0.25, 0.3) is 77.9 Å². The summed E-state index contributed by atoms with van der Waals surface area (Å²) in [5.41, 5.74) is 28.2. The largest absolute Gasteiger partial charge is 0.310 e. The minimum absolute atomic E-state index is 0.175. The fraction of sp³-hybridized carbons (Fsp3) is 0.0127. The summed E-state index contributed by atoms with van der Waals surface area (Å²) in [6.07, 6.45) is 0. The first-order valence-electron chi connectivity index (χ1n) is 28.6. The van der Waals surface area contributed by atoms with Crippen molar-refractivity contribution < 1.29 is 0 Å². The molecule has 0 aromatic heterocycles. The van der Waals surface area contributed by atoms with Crippen LogP contribution in [0.2, 0.25) is 0 Å². The van der Waals surface area contributed by atoms with Crippen molar-refractivity contribution >= 4 is 69.0 Å². The fourth-order valence-corrected chi connectivity index (χ4v) is 13.7. The molecule has 2 aliphatic rings. The van der Waals surface area contributed by atoms with Gasteiger partial charge in [0.25, 0.3) is 6.71 Å². The predicted molar refractivity (Wildman–Crippen MR) is 354 cm³/mol. The molecule has 0 saturated carbocycles. The number of aryl methyl sites for hydroxylation is 1. The molecule has 13 aromatic rings. The van der Waals surface area contributed by atoms with Gasteiger partial charge >= 0.3 is 0 Å². The summed E-state index contributed by atoms with van der Waals surface area (Å²) < 4.78 is 0. The zero-order chi connectivity index (χ0) is 55.2. The number of hydrogen-bond donors (Lipinski definition) is 0. The van der Waals surface area contributed by atoms with Crippen LogP contribution in [-0.2, 0) is 0 Å². The summed E-state index contributed by atoms with van der Waals surface area (Å²) >= 11 is 1.83. The van der Waals surface area contributed by atoms with E-state index in [0.717, 1.165) is 83.5 Å². The summed E-state index contributed by atoms with van der Waals surface area (Å²) in [7, 11) is 0. The lowest BCUT2D eigenvalue weighted by Gasteiger charge is -2.46. The molecule has 0 aliphatic carbocycles. The van der Waals surface area contributed by atoms with Crippen molar-refractivity contribution in [1.29, 1.82) is 0 Å². The number of hydrogen-bond acceptors (Lipinski definition) is 3. The van der Waals surface area contributed by atoms with Crippen LogP contribution in [0.4, 0.5) is 34.1 Å². The van der Waals surface area contributed by atoms with Crippen LogP contribution in [0.1, 0.15) is 5.56 Å². The van der Waals surface area contributed by atoms with Gasteiger partial charge in [0.1, 0.15) is 0 Å². The molecule has 4 heteroatoms. The zero-order valence-electron chi connectivity index (χ0n) is 45.9. The third kappa shape index (κ3) is 9.15. The molecule has 83 heavy (non-hydrogen) atoms. The van der Waals surface area contributed by atoms with Gasteiger partial charge in [0, 0.05) is 54.8 Å². The van der Waals surface area contributed by atoms with Crippen LogP contribution in [0.5, 0.6) is 0 Å². The second-order valence-corrected chi connectivity index (χ2v) is 22.8. The molecule has 0 radical (unpaired) electrons. The highest BCUT2D eigenvalue weighted by Crippen LogP contribution is 2.54. The number of para-hydroxylation sites is 2. The van der Waals surface area contributed by atoms with E-state index in [9.17, 15) is 0 Å². The highest BCUT2D eigenvalue weighted by atomic mass is 32.2. The highest BCUT2D eigenvalue weighted by Gasteiger charge is 2.45. The van der Waals surface area contributed by atoms with Crippen molar-refractivity contribution in [3.63, 3.8) is 0 Å². The molecule has 0 amide bonds. The van der Waals surface area contributed by atoms with Gasteiger partial charge in [-0.3, -0.25) is 0 Å². The number of rotatable bonds is 11. The van der Waals surface area contributed by atoms with Crippen LogP contribution in [0, 0.1) is 6.92 Å². The molecular formula is C79H55BN2S. The van der Waals surface area contributed by atoms with Crippen LogP contribution >= 0.6 is 11.8 Å². The zero-order valence-corrected chi connectivity index (χ0v) is 46.7. The standard InChI is InChI=1S/C79H55BN2S/c1-54-23-20-36-62(49-54)57-41-45-65(46-42-57)83-66-52-75-77-76(53-66)82(79-69(60-32-16-6-17-33-60)39-22-40-70(79)61-34-18-7-19-35-61)74-48-44-64(56-26-10-3-11-27-56)51-72(74)80(77)71-50-63(55-24-8-2-9-25-55)43-47-73(71)81(75)78-67(58-28-12-4-13-29-58)37-21-38-68(78)59-30-14-5-15-31-59/h2-53H,1H3. The van der Waals surface area contributed by atoms with E-state index >= 15 is 0 Å². The first-order valence-corrected chi connectivity index (χ1v) is 29.4. The molecule has 15 rings (SSSR count). The third-order valence-corrected chi connectivity index (χ3v) is 17.5. The van der Waals surface area contributed by atoms with E-state index in [1.54, 1.807) is 0 Å². The van der Waals surface area contributed by atoms with E-state index in [1.165, 1.54) is 60.2 Å². The van der Waals surface area contributed by atoms with Gasteiger partial charge in [0.2, 0.25) is 0 Å². The van der Waals surface area contributed by atoms with Gasteiger partial charge < -0.3 is 9.80 Å². The van der Waals surface area contributed by atoms with Gasteiger partial charge in [-0.05, 0) is 115 Å². The molecule has 0 spiro atoms. The summed E-state index contributed by atoms with van der Waals surface area (Å²) in [5, 5.41) is 0. The summed E-state index contributed by atoms with van der Waals surface area (Å²) in [6, 6.07) is 117. The quantitative estimate of drug-likeness (QED) is 0.119. The van der Waals surface area contributed by atoms with E-state index in [-0.39, 0.29) is 6.71 Å². The number of benzene rings is 13. The summed E-state index contributed by atoms with van der Waals surface area (Å²) in [6.45, 7) is 1.99. The van der Waals surface area contributed by atoms with Crippen molar-refractivity contribution in [1.82, 2.24) is 0 Å². The Labute approximate surface area is 491 Å². The van der Waals surface area contributed by atoms with Gasteiger partial charge in [-0.15, -0.1) is 0 Å². The first-order chi connectivity index (χ1) is 41.1. The van der Waals surface area contributed by atoms with Crippen LogP contribution in [0.15, 0.2) is 325 Å². The summed E-state index contributed by atoms with van der Waals surface area (Å²) in [4.78, 5) is 7.59. The Bertz CT molecular complexity index is 4160. The average Bonchev–Trinajstić information content (AvgIpc) is 1.11. The Morgan fingerprint density at radius 2 is 0.578 bits per heavy atom. The monoisotopic (exact) mass is 1070 g/mol. The maximum absolute atomic E-state index is 2.64. The molecule has 2 nitrogen and oxygen atoms in total. The normalized spacial score (nSPS) is 12.1. The minimum atomic E-state index is -0.175. The topological polar surface area (TPSA) is 6.48 Å². The van der Waals surface area contributed by atoms with Crippen molar-refractivity contribution in [3.8, 4) is 77.9 Å². The molecule has 0 unspecified atom stereocenters. The second kappa shape index (κ2) is 21.4. The van der Waals surface area contributed by atoms with Crippen molar-refractivity contribution in [2.45, 2.75) is 16.7 Å². The van der Waals surface area contributed by atoms with Crippen molar-refractivity contribution in [2.24, 2.45) is 0 Å². The van der Waals surface area contributed by atoms with E-state index in [2.05, 4.69) is 332 Å². The highest BCUT2D eigenvalue weighted by molar-refractivity contribution is 7.99. The minimum Gasteiger partial charge on any atom is -0.310 e. The second-order valence-electron chi connectivity index (χ2n) is 21.6. The van der Waals surface area contributed by atoms with Crippen LogP contribution in [0.3, 0.4) is 0 Å². The van der Waals surface area contributed by atoms with Crippen molar-refractivity contribution in [3.05, 3.63) is 321 Å². The van der Waals surface area contributed by atoms with Crippen molar-refractivity contribution in [2.75, 3.05) is 9.80 Å². The molecule has 0 bridgehead atoms. The summed E-state index contributed by atoms with van der Waals surface area (Å²) in [5.74, 6) is 0. The Hall–Kier alpha value is -10.1. The molecule has 0 atom stereocenters. The molecule has 0 saturated heterocycles. The average molecular weight is 1080 g/mol. The molecule has 13 aromatic carbocycles. The van der Waals surface area contributed by atoms with E-state index < -0.39 is 0 Å². The SMILES string of the molecule is Cc1cccc(-c2ccc(Sc3cc4c5c(c3)N(c3c(-c6ccccc6)cccc3-c3ccccc3)c3ccc(-c6ccccc6)cc3B5c3cc(-c5ccccc5)ccc3N4c3c(-c4ccccc4)cccc3-c3ccccc3)cc2)c1. The van der Waals surface area contributed by atoms with Crippen LogP contribution < -0.4 is 26.2 Å². The van der Waals surface area contributed by atoms with Gasteiger partial charge in [-0.2, -0.15) is 0 Å². The smallest absolute Gasteiger partial charge is 0.252 e. The molecule has 390 valence electrons. The van der Waals surface area contributed by atoms with E-state index in [4.69, 9.17) is 0 Å². The van der Waals surface area contributed by atoms with E-state index in [0.29, 0.717) is 0 Å². The molecule has 2 aliphatic heterocycles. The number of fused-ring (bicyclic) bond motifs is 4. The lowest BCUT2D eigenvalue weighted by molar-refractivity contribution is 1.23. The first kappa shape index (κ1) is 49.9. The lowest BCUT2D eigenvalue weighted by Crippen LogP contribution is -2.61. The third-order valence-electron chi connectivity index (χ3n) is 16.6. The van der Waals surface area contributed by atoms with Gasteiger partial charge in [-0.25, -0.2) is 0 Å². The molecular weight excluding hydrogens is 1020 g/mol. The van der Waals surface area contributed by atoms with Gasteiger partial charge in [0.15, 0.2) is 0 Å². The molecule has 2 heterocycles. The number of nitrogens with zero attached hydrogens (tertiary/aromatic N) is 2. The van der Waals surface area contributed by atoms with Crippen LogP contribution in [-0.4, -0.2) is 6.71 Å². The molecule has 0 N–H and O–H groups in total. The Balaban J connectivity index is 1.08. The number of anilines is 6. The Morgan fingerprint density at radius 1 is 0.253 bits per heavy atom. The van der Waals surface area contributed by atoms with E-state index in [1.807, 2.05) is 11.8 Å². The Morgan fingerprint density at radius 3 is 0.964 bits per heavy atom. The maximum atomic E-state index is 2.64. The molecule has 0 fully saturated rings. The maximum Gasteiger partial charge on any atom is 0.252 e. The Kier molecular flexibility index (Phi) is 12.9. The van der Waals surface area contributed by atoms with Gasteiger partial charge in [-0.1, -0.05) is 296 Å².